The van der Waals surface area contributed by atoms with E-state index in [2.05, 4.69) is 15.3 Å². The van der Waals surface area contributed by atoms with E-state index in [1.54, 1.807) is 12.5 Å². The van der Waals surface area contributed by atoms with Gasteiger partial charge >= 0.3 is 0 Å². The Morgan fingerprint density at radius 2 is 2.25 bits per heavy atom. The number of aromatic hydroxyl groups is 1. The van der Waals surface area contributed by atoms with Crippen molar-refractivity contribution in [3.05, 3.63) is 42.7 Å². The van der Waals surface area contributed by atoms with Crippen molar-refractivity contribution in [2.24, 2.45) is 0 Å². The minimum Gasteiger partial charge on any atom is -0.506 e. The van der Waals surface area contributed by atoms with Crippen molar-refractivity contribution < 1.29 is 9.90 Å². The lowest BCUT2D eigenvalue weighted by Crippen LogP contribution is -2.38. The minimum absolute atomic E-state index is 0.00442. The molecule has 1 aliphatic carbocycles. The zero-order chi connectivity index (χ0) is 13.9. The number of rotatable bonds is 3. The number of amides is 1. The van der Waals surface area contributed by atoms with Gasteiger partial charge in [0.25, 0.3) is 5.91 Å². The van der Waals surface area contributed by atoms with Crippen LogP contribution in [0, 0.1) is 0 Å². The van der Waals surface area contributed by atoms with Crippen LogP contribution in [0.3, 0.4) is 0 Å². The van der Waals surface area contributed by atoms with Crippen LogP contribution >= 0.6 is 0 Å². The van der Waals surface area contributed by atoms with Crippen LogP contribution in [0.15, 0.2) is 37.2 Å². The fourth-order valence-corrected chi connectivity index (χ4v) is 2.73. The molecule has 0 aliphatic heterocycles. The quantitative estimate of drug-likeness (QED) is 0.887. The molecule has 2 N–H and O–H groups in total. The van der Waals surface area contributed by atoms with Crippen molar-refractivity contribution in [3.8, 4) is 5.75 Å². The van der Waals surface area contributed by atoms with Gasteiger partial charge in [0.05, 0.1) is 24.1 Å². The number of carbonyl (C=O) groups is 1. The molecule has 0 aromatic carbocycles. The summed E-state index contributed by atoms with van der Waals surface area (Å²) in [5, 5.41) is 12.4. The fourth-order valence-electron chi connectivity index (χ4n) is 2.73. The fraction of sp³-hybridized carbons (Fsp3) is 0.357. The molecule has 2 aromatic rings. The summed E-state index contributed by atoms with van der Waals surface area (Å²) < 4.78 is 2.04. The standard InChI is InChI=1S/C14H16N4O2/c19-11-6-10(7-16-8-11)14(20)17-12-2-1-3-13(12)18-5-4-15-9-18/h4-9,12-13,19H,1-3H2,(H,17,20). The average Bonchev–Trinajstić information content (AvgIpc) is 3.08. The Bertz CT molecular complexity index is 597. The number of aromatic nitrogens is 3. The second-order valence-electron chi connectivity index (χ2n) is 5.02. The highest BCUT2D eigenvalue weighted by Crippen LogP contribution is 2.30. The van der Waals surface area contributed by atoms with Crippen LogP contribution in [-0.4, -0.2) is 31.6 Å². The van der Waals surface area contributed by atoms with Gasteiger partial charge in [-0.3, -0.25) is 9.78 Å². The SMILES string of the molecule is O=C(NC1CCCC1n1ccnc1)c1cncc(O)c1. The zero-order valence-corrected chi connectivity index (χ0v) is 10.9. The predicted molar refractivity (Wildman–Crippen MR) is 72.3 cm³/mol. The van der Waals surface area contributed by atoms with Crippen LogP contribution < -0.4 is 5.32 Å². The number of hydrogen-bond acceptors (Lipinski definition) is 4. The van der Waals surface area contributed by atoms with Crippen molar-refractivity contribution in [3.63, 3.8) is 0 Å². The van der Waals surface area contributed by atoms with E-state index in [1.807, 2.05) is 10.8 Å². The molecule has 0 bridgehead atoms. The van der Waals surface area contributed by atoms with Gasteiger partial charge in [0, 0.05) is 24.6 Å². The minimum atomic E-state index is -0.203. The molecule has 0 saturated heterocycles. The molecule has 1 fully saturated rings. The van der Waals surface area contributed by atoms with E-state index in [-0.39, 0.29) is 23.7 Å². The third kappa shape index (κ3) is 2.49. The van der Waals surface area contributed by atoms with Crippen LogP contribution in [0.1, 0.15) is 35.7 Å². The summed E-state index contributed by atoms with van der Waals surface area (Å²) in [5.74, 6) is -0.208. The molecule has 20 heavy (non-hydrogen) atoms. The Morgan fingerprint density at radius 1 is 1.35 bits per heavy atom. The van der Waals surface area contributed by atoms with Crippen molar-refractivity contribution >= 4 is 5.91 Å². The summed E-state index contributed by atoms with van der Waals surface area (Å²) in [7, 11) is 0. The number of nitrogens with zero attached hydrogens (tertiary/aromatic N) is 3. The first-order chi connectivity index (χ1) is 9.74. The normalized spacial score (nSPS) is 21.8. The molecule has 1 saturated carbocycles. The number of pyridine rings is 1. The second-order valence-corrected chi connectivity index (χ2v) is 5.02. The van der Waals surface area contributed by atoms with Crippen molar-refractivity contribution in [1.82, 2.24) is 19.9 Å². The summed E-state index contributed by atoms with van der Waals surface area (Å²) in [4.78, 5) is 20.1. The van der Waals surface area contributed by atoms with Crippen molar-refractivity contribution in [2.75, 3.05) is 0 Å². The second kappa shape index (κ2) is 5.32. The molecule has 0 radical (unpaired) electrons. The lowest BCUT2D eigenvalue weighted by molar-refractivity contribution is 0.0928. The van der Waals surface area contributed by atoms with Crippen LogP contribution in [0.4, 0.5) is 0 Å². The molecule has 2 unspecified atom stereocenters. The molecule has 6 heteroatoms. The van der Waals surface area contributed by atoms with Gasteiger partial charge in [0.15, 0.2) is 0 Å². The number of imidazole rings is 1. The largest absolute Gasteiger partial charge is 0.506 e. The molecule has 3 rings (SSSR count). The van der Waals surface area contributed by atoms with Gasteiger partial charge in [-0.1, -0.05) is 0 Å². The third-order valence-electron chi connectivity index (χ3n) is 3.69. The first-order valence-corrected chi connectivity index (χ1v) is 6.66. The van der Waals surface area contributed by atoms with Gasteiger partial charge in [-0.25, -0.2) is 4.98 Å². The highest BCUT2D eigenvalue weighted by molar-refractivity contribution is 5.94. The maximum atomic E-state index is 12.2. The molecule has 104 valence electrons. The Labute approximate surface area is 116 Å². The molecule has 0 spiro atoms. The van der Waals surface area contributed by atoms with Gasteiger partial charge in [-0.05, 0) is 25.3 Å². The summed E-state index contributed by atoms with van der Waals surface area (Å²) >= 11 is 0. The van der Waals surface area contributed by atoms with Gasteiger partial charge < -0.3 is 15.0 Å². The van der Waals surface area contributed by atoms with E-state index >= 15 is 0 Å². The van der Waals surface area contributed by atoms with Gasteiger partial charge in [-0.2, -0.15) is 0 Å². The molecule has 2 aromatic heterocycles. The van der Waals surface area contributed by atoms with Crippen LogP contribution in [0.25, 0.3) is 0 Å². The number of nitrogens with one attached hydrogen (secondary N) is 1. The Balaban J connectivity index is 1.72. The lowest BCUT2D eigenvalue weighted by Gasteiger charge is -2.22. The summed E-state index contributed by atoms with van der Waals surface area (Å²) in [5.41, 5.74) is 0.376. The van der Waals surface area contributed by atoms with E-state index < -0.39 is 0 Å². The Hall–Kier alpha value is -2.37. The summed E-state index contributed by atoms with van der Waals surface area (Å²) in [6, 6.07) is 1.74. The van der Waals surface area contributed by atoms with Gasteiger partial charge in [-0.15, -0.1) is 0 Å². The molecule has 2 heterocycles. The maximum Gasteiger partial charge on any atom is 0.253 e. The highest BCUT2D eigenvalue weighted by Gasteiger charge is 2.29. The van der Waals surface area contributed by atoms with E-state index in [0.717, 1.165) is 19.3 Å². The van der Waals surface area contributed by atoms with Crippen molar-refractivity contribution in [2.45, 2.75) is 31.3 Å². The lowest BCUT2D eigenvalue weighted by atomic mass is 10.1. The summed E-state index contributed by atoms with van der Waals surface area (Å²) in [6.45, 7) is 0. The maximum absolute atomic E-state index is 12.2. The average molecular weight is 272 g/mol. The van der Waals surface area contributed by atoms with E-state index in [4.69, 9.17) is 0 Å². The van der Waals surface area contributed by atoms with Crippen LogP contribution in [-0.2, 0) is 0 Å². The van der Waals surface area contributed by atoms with Crippen LogP contribution in [0.2, 0.25) is 0 Å². The molecule has 1 amide bonds. The topological polar surface area (TPSA) is 80.0 Å². The highest BCUT2D eigenvalue weighted by atomic mass is 16.3. The monoisotopic (exact) mass is 272 g/mol. The third-order valence-corrected chi connectivity index (χ3v) is 3.69. The van der Waals surface area contributed by atoms with E-state index in [0.29, 0.717) is 5.56 Å². The Kier molecular flexibility index (Phi) is 3.37. The van der Waals surface area contributed by atoms with Crippen molar-refractivity contribution in [1.29, 1.82) is 0 Å². The van der Waals surface area contributed by atoms with Gasteiger partial charge in [0.2, 0.25) is 0 Å². The molecule has 2 atom stereocenters. The first kappa shape index (κ1) is 12.7. The van der Waals surface area contributed by atoms with E-state index in [1.165, 1.54) is 18.5 Å². The number of hydrogen-bond donors (Lipinski definition) is 2. The number of carbonyl (C=O) groups excluding carboxylic acids is 1. The molecule has 6 nitrogen and oxygen atoms in total. The zero-order valence-electron chi connectivity index (χ0n) is 10.9. The smallest absolute Gasteiger partial charge is 0.253 e. The molecular formula is C14H16N4O2. The Morgan fingerprint density at radius 3 is 3.00 bits per heavy atom. The molecular weight excluding hydrogens is 256 g/mol. The summed E-state index contributed by atoms with van der Waals surface area (Å²) in [6.07, 6.45) is 11.3. The first-order valence-electron chi connectivity index (χ1n) is 6.66. The van der Waals surface area contributed by atoms with Gasteiger partial charge in [0.1, 0.15) is 5.75 Å². The molecule has 1 aliphatic rings. The predicted octanol–water partition coefficient (Wildman–Crippen LogP) is 1.51. The van der Waals surface area contributed by atoms with Crippen LogP contribution in [0.5, 0.6) is 5.75 Å². The van der Waals surface area contributed by atoms with E-state index in [9.17, 15) is 9.90 Å².